The molecule has 1 saturated heterocycles. The van der Waals surface area contributed by atoms with Gasteiger partial charge >= 0.3 is 5.97 Å². The van der Waals surface area contributed by atoms with E-state index in [-0.39, 0.29) is 17.4 Å². The number of hydrogen-bond acceptors (Lipinski definition) is 3. The molecule has 1 heterocycles. The quantitative estimate of drug-likeness (QED) is 0.844. The Morgan fingerprint density at radius 2 is 2.21 bits per heavy atom. The number of benzene rings is 1. The fourth-order valence-corrected chi connectivity index (χ4v) is 2.73. The van der Waals surface area contributed by atoms with Gasteiger partial charge in [0.1, 0.15) is 5.82 Å². The van der Waals surface area contributed by atoms with Gasteiger partial charge in [-0.1, -0.05) is 17.7 Å². The summed E-state index contributed by atoms with van der Waals surface area (Å²) in [5.41, 5.74) is 0.312. The first kappa shape index (κ1) is 18.2. The van der Waals surface area contributed by atoms with Crippen molar-refractivity contribution in [2.24, 2.45) is 5.92 Å². The maximum atomic E-state index is 13.6. The summed E-state index contributed by atoms with van der Waals surface area (Å²) >= 11 is 5.63. The molecule has 2 atom stereocenters. The average Bonchev–Trinajstić information content (AvgIpc) is 2.51. The average molecular weight is 357 g/mol. The number of carboxylic acid groups (broad SMARTS) is 1. The van der Waals surface area contributed by atoms with Crippen LogP contribution in [0.4, 0.5) is 4.39 Å². The van der Waals surface area contributed by atoms with E-state index in [2.05, 4.69) is 5.32 Å². The number of halogens is 2. The van der Waals surface area contributed by atoms with Crippen molar-refractivity contribution >= 4 is 29.4 Å². The zero-order valence-corrected chi connectivity index (χ0v) is 13.8. The highest BCUT2D eigenvalue weighted by Crippen LogP contribution is 2.24. The van der Waals surface area contributed by atoms with Crippen LogP contribution in [0.15, 0.2) is 18.2 Å². The van der Waals surface area contributed by atoms with Crippen LogP contribution in [0.2, 0.25) is 5.02 Å². The molecule has 0 saturated carbocycles. The second-order valence-electron chi connectivity index (χ2n) is 5.84. The second-order valence-corrected chi connectivity index (χ2v) is 6.24. The molecule has 0 aromatic heterocycles. The number of rotatable bonds is 5. The lowest BCUT2D eigenvalue weighted by atomic mass is 9.94. The molecular formula is C16H18ClFN2O4. The monoisotopic (exact) mass is 356 g/mol. The molecule has 1 aliphatic heterocycles. The number of aliphatic carboxylic acids is 1. The first-order valence-corrected chi connectivity index (χ1v) is 7.86. The van der Waals surface area contributed by atoms with Gasteiger partial charge in [0.15, 0.2) is 0 Å². The van der Waals surface area contributed by atoms with E-state index >= 15 is 0 Å². The Hall–Kier alpha value is -2.15. The summed E-state index contributed by atoms with van der Waals surface area (Å²) in [6, 6.07) is 3.00. The molecule has 8 heteroatoms. The standard InChI is InChI=1S/C16H18ClFN2O4/c1-20-5-4-10(7-14(20)21)16(24)19-13(8-15(22)23)9-2-3-11(17)12(18)6-9/h2-3,6,10,13H,4-5,7-8H2,1H3,(H,19,24)(H,22,23). The predicted molar refractivity (Wildman–Crippen MR) is 84.9 cm³/mol. The Bertz CT molecular complexity index is 667. The van der Waals surface area contributed by atoms with Crippen LogP contribution in [0.1, 0.15) is 30.9 Å². The molecule has 0 bridgehead atoms. The Morgan fingerprint density at radius 3 is 2.79 bits per heavy atom. The number of nitrogens with zero attached hydrogens (tertiary/aromatic N) is 1. The van der Waals surface area contributed by atoms with E-state index in [0.29, 0.717) is 18.5 Å². The summed E-state index contributed by atoms with van der Waals surface area (Å²) in [7, 11) is 1.67. The lowest BCUT2D eigenvalue weighted by molar-refractivity contribution is -0.140. The van der Waals surface area contributed by atoms with Crippen molar-refractivity contribution in [1.82, 2.24) is 10.2 Å². The molecule has 2 N–H and O–H groups in total. The fourth-order valence-electron chi connectivity index (χ4n) is 2.61. The number of carbonyl (C=O) groups excluding carboxylic acids is 2. The van der Waals surface area contributed by atoms with Crippen molar-refractivity contribution in [1.29, 1.82) is 0 Å². The van der Waals surface area contributed by atoms with Gasteiger partial charge in [-0.3, -0.25) is 14.4 Å². The highest BCUT2D eigenvalue weighted by Gasteiger charge is 2.30. The molecule has 130 valence electrons. The predicted octanol–water partition coefficient (Wildman–Crippen LogP) is 1.98. The van der Waals surface area contributed by atoms with E-state index in [1.165, 1.54) is 12.1 Å². The van der Waals surface area contributed by atoms with Crippen LogP contribution in [0.3, 0.4) is 0 Å². The third-order valence-electron chi connectivity index (χ3n) is 4.07. The topological polar surface area (TPSA) is 86.7 Å². The molecule has 2 unspecified atom stereocenters. The Morgan fingerprint density at radius 1 is 1.50 bits per heavy atom. The minimum atomic E-state index is -1.13. The Labute approximate surface area is 143 Å². The SMILES string of the molecule is CN1CCC(C(=O)NC(CC(=O)O)c2ccc(Cl)c(F)c2)CC1=O. The van der Waals surface area contributed by atoms with E-state index < -0.39 is 36.1 Å². The summed E-state index contributed by atoms with van der Waals surface area (Å²) in [6.07, 6.45) is 0.188. The number of nitrogens with one attached hydrogen (secondary N) is 1. The van der Waals surface area contributed by atoms with Crippen LogP contribution >= 0.6 is 11.6 Å². The zero-order valence-electron chi connectivity index (χ0n) is 13.1. The lowest BCUT2D eigenvalue weighted by Gasteiger charge is -2.29. The van der Waals surface area contributed by atoms with E-state index in [1.54, 1.807) is 11.9 Å². The highest BCUT2D eigenvalue weighted by atomic mass is 35.5. The maximum Gasteiger partial charge on any atom is 0.305 e. The van der Waals surface area contributed by atoms with Crippen molar-refractivity contribution in [3.63, 3.8) is 0 Å². The summed E-state index contributed by atoms with van der Waals surface area (Å²) in [5, 5.41) is 11.6. The van der Waals surface area contributed by atoms with Gasteiger partial charge in [-0.2, -0.15) is 0 Å². The van der Waals surface area contributed by atoms with Crippen LogP contribution in [0, 0.1) is 11.7 Å². The maximum absolute atomic E-state index is 13.6. The van der Waals surface area contributed by atoms with Gasteiger partial charge in [0.25, 0.3) is 0 Å². The van der Waals surface area contributed by atoms with Crippen molar-refractivity contribution in [3.8, 4) is 0 Å². The Balaban J connectivity index is 2.13. The van der Waals surface area contributed by atoms with Crippen LogP contribution in [-0.4, -0.2) is 41.4 Å². The molecule has 1 aromatic carbocycles. The first-order chi connectivity index (χ1) is 11.3. The zero-order chi connectivity index (χ0) is 17.9. The summed E-state index contributed by atoms with van der Waals surface area (Å²) < 4.78 is 13.6. The summed E-state index contributed by atoms with van der Waals surface area (Å²) in [6.45, 7) is 0.468. The minimum Gasteiger partial charge on any atom is -0.481 e. The largest absolute Gasteiger partial charge is 0.481 e. The van der Waals surface area contributed by atoms with Crippen LogP contribution < -0.4 is 5.32 Å². The molecule has 2 amide bonds. The van der Waals surface area contributed by atoms with Crippen molar-refractivity contribution in [3.05, 3.63) is 34.6 Å². The van der Waals surface area contributed by atoms with E-state index in [4.69, 9.17) is 16.7 Å². The molecule has 1 aromatic rings. The van der Waals surface area contributed by atoms with Gasteiger partial charge in [0, 0.05) is 25.9 Å². The van der Waals surface area contributed by atoms with Gasteiger partial charge in [0.2, 0.25) is 11.8 Å². The van der Waals surface area contributed by atoms with E-state index in [0.717, 1.165) is 6.07 Å². The van der Waals surface area contributed by atoms with Gasteiger partial charge < -0.3 is 15.3 Å². The summed E-state index contributed by atoms with van der Waals surface area (Å²) in [5.74, 6) is -2.86. The van der Waals surface area contributed by atoms with Crippen molar-refractivity contribution < 1.29 is 23.9 Å². The lowest BCUT2D eigenvalue weighted by Crippen LogP contribution is -2.43. The number of amides is 2. The third-order valence-corrected chi connectivity index (χ3v) is 4.38. The number of likely N-dealkylation sites (tertiary alicyclic amines) is 1. The minimum absolute atomic E-state index is 0.0805. The number of carboxylic acids is 1. The molecule has 24 heavy (non-hydrogen) atoms. The fraction of sp³-hybridized carbons (Fsp3) is 0.438. The highest BCUT2D eigenvalue weighted by molar-refractivity contribution is 6.30. The van der Waals surface area contributed by atoms with Gasteiger partial charge in [-0.25, -0.2) is 4.39 Å². The summed E-state index contributed by atoms with van der Waals surface area (Å²) in [4.78, 5) is 36.7. The van der Waals surface area contributed by atoms with Crippen molar-refractivity contribution in [2.45, 2.75) is 25.3 Å². The Kier molecular flexibility index (Phi) is 5.77. The van der Waals surface area contributed by atoms with E-state index in [9.17, 15) is 18.8 Å². The molecule has 0 aliphatic carbocycles. The molecule has 0 radical (unpaired) electrons. The molecular weight excluding hydrogens is 339 g/mol. The van der Waals surface area contributed by atoms with Crippen LogP contribution in [-0.2, 0) is 14.4 Å². The number of carbonyl (C=O) groups is 3. The van der Waals surface area contributed by atoms with Crippen LogP contribution in [0.5, 0.6) is 0 Å². The van der Waals surface area contributed by atoms with Gasteiger partial charge in [-0.15, -0.1) is 0 Å². The number of piperidine rings is 1. The number of hydrogen-bond donors (Lipinski definition) is 2. The van der Waals surface area contributed by atoms with Gasteiger partial charge in [-0.05, 0) is 24.1 Å². The molecule has 2 rings (SSSR count). The van der Waals surface area contributed by atoms with Crippen LogP contribution in [0.25, 0.3) is 0 Å². The first-order valence-electron chi connectivity index (χ1n) is 7.49. The molecule has 1 fully saturated rings. The smallest absolute Gasteiger partial charge is 0.305 e. The second kappa shape index (κ2) is 7.61. The van der Waals surface area contributed by atoms with Crippen molar-refractivity contribution in [2.75, 3.05) is 13.6 Å². The van der Waals surface area contributed by atoms with E-state index in [1.807, 2.05) is 0 Å². The molecule has 0 spiro atoms. The normalized spacial score (nSPS) is 19.0. The molecule has 6 nitrogen and oxygen atoms in total. The molecule has 1 aliphatic rings. The third kappa shape index (κ3) is 4.44. The van der Waals surface area contributed by atoms with Gasteiger partial charge in [0.05, 0.1) is 17.5 Å².